The Balaban J connectivity index is 1.17. The molecule has 0 bridgehead atoms. The van der Waals surface area contributed by atoms with Crippen molar-refractivity contribution in [2.45, 2.75) is 0 Å². The summed E-state index contributed by atoms with van der Waals surface area (Å²) in [5, 5.41) is 11.3. The van der Waals surface area contributed by atoms with Crippen molar-refractivity contribution in [3.8, 4) is 34.4 Å². The largest absolute Gasteiger partial charge is 0.484 e. The van der Waals surface area contributed by atoms with E-state index in [4.69, 9.17) is 19.5 Å². The van der Waals surface area contributed by atoms with Crippen molar-refractivity contribution in [2.75, 3.05) is 19.9 Å². The maximum absolute atomic E-state index is 12.2. The summed E-state index contributed by atoms with van der Waals surface area (Å²) >= 11 is 0. The van der Waals surface area contributed by atoms with Gasteiger partial charge < -0.3 is 19.5 Å². The van der Waals surface area contributed by atoms with Crippen molar-refractivity contribution in [1.29, 1.82) is 5.26 Å². The second-order valence-corrected chi connectivity index (χ2v) is 7.35. The first-order valence-corrected chi connectivity index (χ1v) is 10.5. The van der Waals surface area contributed by atoms with Crippen LogP contribution in [0.5, 0.6) is 17.2 Å². The van der Waals surface area contributed by atoms with Crippen LogP contribution in [0.4, 0.5) is 0 Å². The van der Waals surface area contributed by atoms with E-state index in [0.717, 1.165) is 11.1 Å². The first-order chi connectivity index (χ1) is 17.0. The Kier molecular flexibility index (Phi) is 7.08. The molecule has 0 saturated carbocycles. The minimum absolute atomic E-state index is 0.0934. The number of fused-ring (bicyclic) bond motifs is 1. The highest BCUT2D eigenvalue weighted by Crippen LogP contribution is 2.32. The molecule has 0 aliphatic carbocycles. The van der Waals surface area contributed by atoms with Crippen LogP contribution in [-0.2, 0) is 9.59 Å². The molecule has 3 aromatic rings. The van der Waals surface area contributed by atoms with Crippen LogP contribution in [0.25, 0.3) is 11.1 Å². The number of carbonyl (C=O) groups excluding carboxylic acids is 3. The second-order valence-electron chi connectivity index (χ2n) is 7.35. The predicted molar refractivity (Wildman–Crippen MR) is 123 cm³/mol. The third kappa shape index (κ3) is 6.06. The Bertz CT molecular complexity index is 1280. The fourth-order valence-electron chi connectivity index (χ4n) is 3.15. The number of nitrogens with one attached hydrogen (secondary N) is 3. The topological polar surface area (TPSA) is 139 Å². The molecule has 176 valence electrons. The minimum Gasteiger partial charge on any atom is -0.484 e. The van der Waals surface area contributed by atoms with Crippen LogP contribution < -0.4 is 30.4 Å². The number of hydrogen-bond acceptors (Lipinski definition) is 7. The summed E-state index contributed by atoms with van der Waals surface area (Å²) in [7, 11) is 0. The first kappa shape index (κ1) is 23.1. The monoisotopic (exact) mass is 472 g/mol. The maximum atomic E-state index is 12.2. The summed E-state index contributed by atoms with van der Waals surface area (Å²) in [5.74, 6) is -0.182. The molecule has 0 radical (unpaired) electrons. The van der Waals surface area contributed by atoms with Gasteiger partial charge in [0.2, 0.25) is 6.79 Å². The number of benzene rings is 3. The summed E-state index contributed by atoms with van der Waals surface area (Å²) in [4.78, 5) is 36.0. The molecule has 0 spiro atoms. The highest BCUT2D eigenvalue weighted by Gasteiger charge is 2.16. The molecule has 0 fully saturated rings. The average Bonchev–Trinajstić information content (AvgIpc) is 3.38. The van der Waals surface area contributed by atoms with E-state index in [1.807, 2.05) is 24.3 Å². The van der Waals surface area contributed by atoms with Crippen molar-refractivity contribution in [3.05, 3.63) is 77.9 Å². The molecule has 0 aromatic heterocycles. The molecule has 35 heavy (non-hydrogen) atoms. The van der Waals surface area contributed by atoms with E-state index in [-0.39, 0.29) is 19.9 Å². The van der Waals surface area contributed by atoms with E-state index in [9.17, 15) is 14.4 Å². The molecule has 10 heteroatoms. The normalized spacial score (nSPS) is 11.2. The number of amides is 3. The SMILES string of the molecule is N#Cc1ccc(-c2ccc(OCC(=O)NNC(=O)CNC(=O)c3ccc4c(c3)OCO4)cc2)cc1. The van der Waals surface area contributed by atoms with Crippen molar-refractivity contribution < 1.29 is 28.6 Å². The number of ether oxygens (including phenoxy) is 3. The van der Waals surface area contributed by atoms with E-state index in [1.165, 1.54) is 6.07 Å². The third-order valence-corrected chi connectivity index (χ3v) is 4.96. The number of nitriles is 1. The smallest absolute Gasteiger partial charge is 0.276 e. The lowest BCUT2D eigenvalue weighted by atomic mass is 10.0. The molecule has 3 aromatic carbocycles. The fourth-order valence-corrected chi connectivity index (χ4v) is 3.15. The van der Waals surface area contributed by atoms with Crippen molar-refractivity contribution >= 4 is 17.7 Å². The van der Waals surface area contributed by atoms with E-state index in [0.29, 0.717) is 28.4 Å². The van der Waals surface area contributed by atoms with Gasteiger partial charge in [-0.05, 0) is 53.6 Å². The quantitative estimate of drug-likeness (QED) is 0.447. The van der Waals surface area contributed by atoms with Crippen LogP contribution >= 0.6 is 0 Å². The van der Waals surface area contributed by atoms with Gasteiger partial charge in [0.1, 0.15) is 5.75 Å². The minimum atomic E-state index is -0.612. The standard InChI is InChI=1S/C25H20N4O6/c26-12-16-1-3-17(4-2-16)18-5-8-20(9-6-18)33-14-24(31)29-28-23(30)13-27-25(32)19-7-10-21-22(11-19)35-15-34-21/h1-11H,13-15H2,(H,27,32)(H,28,30)(H,29,31). The number of nitrogens with zero attached hydrogens (tertiary/aromatic N) is 1. The lowest BCUT2D eigenvalue weighted by Gasteiger charge is -2.10. The second kappa shape index (κ2) is 10.7. The lowest BCUT2D eigenvalue weighted by molar-refractivity contribution is -0.129. The van der Waals surface area contributed by atoms with Crippen molar-refractivity contribution in [3.63, 3.8) is 0 Å². The summed E-state index contributed by atoms with van der Waals surface area (Å²) in [6.45, 7) is -0.568. The predicted octanol–water partition coefficient (Wildman–Crippen LogP) is 1.91. The zero-order valence-corrected chi connectivity index (χ0v) is 18.4. The summed E-state index contributed by atoms with van der Waals surface area (Å²) < 4.78 is 15.8. The van der Waals surface area contributed by atoms with E-state index in [1.54, 1.807) is 36.4 Å². The van der Waals surface area contributed by atoms with Crippen LogP contribution in [0, 0.1) is 11.3 Å². The van der Waals surface area contributed by atoms with Gasteiger partial charge in [0, 0.05) is 5.56 Å². The number of rotatable bonds is 7. The van der Waals surface area contributed by atoms with Gasteiger partial charge in [0.05, 0.1) is 18.2 Å². The van der Waals surface area contributed by atoms with Gasteiger partial charge in [-0.25, -0.2) is 0 Å². The molecule has 3 amide bonds. The van der Waals surface area contributed by atoms with Crippen molar-refractivity contribution in [2.24, 2.45) is 0 Å². The van der Waals surface area contributed by atoms with E-state index >= 15 is 0 Å². The van der Waals surface area contributed by atoms with Crippen LogP contribution in [0.2, 0.25) is 0 Å². The van der Waals surface area contributed by atoms with Crippen LogP contribution in [0.15, 0.2) is 66.7 Å². The van der Waals surface area contributed by atoms with Gasteiger partial charge in [-0.15, -0.1) is 0 Å². The fraction of sp³-hybridized carbons (Fsp3) is 0.120. The zero-order chi connectivity index (χ0) is 24.6. The van der Waals surface area contributed by atoms with Crippen LogP contribution in [0.1, 0.15) is 15.9 Å². The lowest BCUT2D eigenvalue weighted by Crippen LogP contribution is -2.47. The molecular formula is C25H20N4O6. The summed E-state index contributed by atoms with van der Waals surface area (Å²) in [5.41, 5.74) is 7.20. The van der Waals surface area contributed by atoms with E-state index < -0.39 is 17.7 Å². The van der Waals surface area contributed by atoms with Crippen LogP contribution in [-0.4, -0.2) is 37.7 Å². The Morgan fingerprint density at radius 1 is 0.857 bits per heavy atom. The molecular weight excluding hydrogens is 452 g/mol. The molecule has 1 aliphatic rings. The highest BCUT2D eigenvalue weighted by atomic mass is 16.7. The van der Waals surface area contributed by atoms with Gasteiger partial charge in [-0.3, -0.25) is 25.2 Å². The molecule has 0 unspecified atom stereocenters. The van der Waals surface area contributed by atoms with E-state index in [2.05, 4.69) is 22.2 Å². The van der Waals surface area contributed by atoms with Gasteiger partial charge in [-0.2, -0.15) is 5.26 Å². The molecule has 0 saturated heterocycles. The van der Waals surface area contributed by atoms with Gasteiger partial charge in [0.25, 0.3) is 17.7 Å². The molecule has 10 nitrogen and oxygen atoms in total. The van der Waals surface area contributed by atoms with Crippen LogP contribution in [0.3, 0.4) is 0 Å². The van der Waals surface area contributed by atoms with Crippen molar-refractivity contribution in [1.82, 2.24) is 16.2 Å². The first-order valence-electron chi connectivity index (χ1n) is 10.5. The Hall–Kier alpha value is -5.04. The Morgan fingerprint density at radius 3 is 2.23 bits per heavy atom. The molecule has 1 aliphatic heterocycles. The molecule has 4 rings (SSSR count). The van der Waals surface area contributed by atoms with Gasteiger partial charge in [-0.1, -0.05) is 24.3 Å². The number of carbonyl (C=O) groups is 3. The maximum Gasteiger partial charge on any atom is 0.276 e. The van der Waals surface area contributed by atoms with Gasteiger partial charge in [0.15, 0.2) is 18.1 Å². The zero-order valence-electron chi connectivity index (χ0n) is 18.4. The molecule has 1 heterocycles. The number of hydrogen-bond donors (Lipinski definition) is 3. The average molecular weight is 472 g/mol. The molecule has 3 N–H and O–H groups in total. The number of hydrazine groups is 1. The Morgan fingerprint density at radius 2 is 1.51 bits per heavy atom. The Labute approximate surface area is 200 Å². The highest BCUT2D eigenvalue weighted by molar-refractivity contribution is 5.97. The van der Waals surface area contributed by atoms with Gasteiger partial charge >= 0.3 is 0 Å². The third-order valence-electron chi connectivity index (χ3n) is 4.96. The summed E-state index contributed by atoms with van der Waals surface area (Å²) in [6.07, 6.45) is 0. The summed E-state index contributed by atoms with van der Waals surface area (Å²) in [6, 6.07) is 21.0. The molecule has 0 atom stereocenters.